The molecule has 0 atom stereocenters. The quantitative estimate of drug-likeness (QED) is 0.655. The zero-order valence-corrected chi connectivity index (χ0v) is 14.9. The molecule has 2 aromatic carbocycles. The minimum atomic E-state index is -4.84. The number of aromatic carboxylic acids is 1. The standard InChI is InChI=1S/C20H16F3NO5/c21-20(22,23)29-17-4-2-1-3-13(17)9-12-5-6-16-14(10-12)18(26)15(19(27)28)11-24(16)7-8-25/h1-6,10-11,25H,7-9H2,(H,27,28). The summed E-state index contributed by atoms with van der Waals surface area (Å²) in [6.45, 7) is -0.181. The summed E-state index contributed by atoms with van der Waals surface area (Å²) < 4.78 is 43.3. The van der Waals surface area contributed by atoms with E-state index in [0.29, 0.717) is 11.1 Å². The predicted molar refractivity (Wildman–Crippen MR) is 98.2 cm³/mol. The first-order chi connectivity index (χ1) is 13.7. The van der Waals surface area contributed by atoms with Crippen molar-refractivity contribution < 1.29 is 32.9 Å². The summed E-state index contributed by atoms with van der Waals surface area (Å²) in [4.78, 5) is 23.9. The molecule has 0 bridgehead atoms. The predicted octanol–water partition coefficient (Wildman–Crippen LogP) is 3.18. The zero-order chi connectivity index (χ0) is 21.2. The summed E-state index contributed by atoms with van der Waals surface area (Å²) in [5.41, 5.74) is 0.0186. The first-order valence-electron chi connectivity index (χ1n) is 8.53. The van der Waals surface area contributed by atoms with Gasteiger partial charge in [-0.15, -0.1) is 13.2 Å². The summed E-state index contributed by atoms with van der Waals surface area (Å²) in [5, 5.41) is 18.6. The molecule has 0 radical (unpaired) electrons. The number of carbonyl (C=O) groups is 1. The van der Waals surface area contributed by atoms with Crippen LogP contribution < -0.4 is 10.2 Å². The molecule has 2 N–H and O–H groups in total. The smallest absolute Gasteiger partial charge is 0.477 e. The van der Waals surface area contributed by atoms with E-state index in [4.69, 9.17) is 0 Å². The summed E-state index contributed by atoms with van der Waals surface area (Å²) in [6.07, 6.45) is -3.64. The van der Waals surface area contributed by atoms with Crippen molar-refractivity contribution in [3.63, 3.8) is 0 Å². The number of alkyl halides is 3. The molecule has 0 saturated heterocycles. The van der Waals surface area contributed by atoms with Crippen molar-refractivity contribution >= 4 is 16.9 Å². The van der Waals surface area contributed by atoms with E-state index in [-0.39, 0.29) is 36.3 Å². The highest BCUT2D eigenvalue weighted by atomic mass is 19.4. The van der Waals surface area contributed by atoms with E-state index >= 15 is 0 Å². The van der Waals surface area contributed by atoms with Gasteiger partial charge in [-0.25, -0.2) is 4.79 Å². The lowest BCUT2D eigenvalue weighted by Gasteiger charge is -2.14. The number of rotatable bonds is 6. The molecule has 3 aromatic rings. The van der Waals surface area contributed by atoms with Crippen molar-refractivity contribution in [3.05, 3.63) is 75.6 Å². The third-order valence-electron chi connectivity index (χ3n) is 4.31. The van der Waals surface area contributed by atoms with Gasteiger partial charge in [0.1, 0.15) is 11.3 Å². The molecule has 0 aliphatic heterocycles. The number of para-hydroxylation sites is 1. The number of halogens is 3. The second kappa shape index (κ2) is 7.96. The highest BCUT2D eigenvalue weighted by molar-refractivity contribution is 5.92. The Morgan fingerprint density at radius 1 is 1.14 bits per heavy atom. The number of aliphatic hydroxyl groups excluding tert-OH is 1. The number of carboxylic acids is 1. The molecule has 1 aromatic heterocycles. The Kier molecular flexibility index (Phi) is 5.60. The van der Waals surface area contributed by atoms with Gasteiger partial charge in [0.2, 0.25) is 5.43 Å². The van der Waals surface area contributed by atoms with Gasteiger partial charge < -0.3 is 19.5 Å². The van der Waals surface area contributed by atoms with Crippen molar-refractivity contribution in [3.8, 4) is 5.75 Å². The average molecular weight is 407 g/mol. The lowest BCUT2D eigenvalue weighted by atomic mass is 10.0. The maximum atomic E-state index is 12.6. The maximum Gasteiger partial charge on any atom is 0.573 e. The van der Waals surface area contributed by atoms with E-state index in [1.54, 1.807) is 18.2 Å². The van der Waals surface area contributed by atoms with Gasteiger partial charge in [0.05, 0.1) is 12.1 Å². The highest BCUT2D eigenvalue weighted by Crippen LogP contribution is 2.28. The van der Waals surface area contributed by atoms with E-state index in [1.165, 1.54) is 28.8 Å². The summed E-state index contributed by atoms with van der Waals surface area (Å²) in [6, 6.07) is 10.3. The van der Waals surface area contributed by atoms with E-state index in [1.807, 2.05) is 0 Å². The van der Waals surface area contributed by atoms with Crippen molar-refractivity contribution in [1.29, 1.82) is 0 Å². The van der Waals surface area contributed by atoms with Crippen LogP contribution in [0.3, 0.4) is 0 Å². The lowest BCUT2D eigenvalue weighted by molar-refractivity contribution is -0.274. The fraction of sp³-hybridized carbons (Fsp3) is 0.200. The molecule has 0 amide bonds. The monoisotopic (exact) mass is 407 g/mol. The summed E-state index contributed by atoms with van der Waals surface area (Å²) in [7, 11) is 0. The van der Waals surface area contributed by atoms with Crippen molar-refractivity contribution in [1.82, 2.24) is 4.57 Å². The Labute approximate surface area is 162 Å². The average Bonchev–Trinajstić information content (AvgIpc) is 2.64. The number of pyridine rings is 1. The van der Waals surface area contributed by atoms with Gasteiger partial charge in [0.25, 0.3) is 0 Å². The minimum absolute atomic E-state index is 0.0406. The van der Waals surface area contributed by atoms with E-state index in [2.05, 4.69) is 4.74 Å². The number of aliphatic hydroxyl groups is 1. The maximum absolute atomic E-state index is 12.6. The second-order valence-electron chi connectivity index (χ2n) is 6.28. The normalized spacial score (nSPS) is 11.6. The van der Waals surface area contributed by atoms with Crippen molar-refractivity contribution in [2.75, 3.05) is 6.61 Å². The van der Waals surface area contributed by atoms with Gasteiger partial charge >= 0.3 is 12.3 Å². The molecule has 0 spiro atoms. The third kappa shape index (κ3) is 4.57. The lowest BCUT2D eigenvalue weighted by Crippen LogP contribution is -2.20. The minimum Gasteiger partial charge on any atom is -0.477 e. The molecule has 9 heteroatoms. The first-order valence-corrected chi connectivity index (χ1v) is 8.53. The van der Waals surface area contributed by atoms with Gasteiger partial charge in [0, 0.05) is 24.5 Å². The van der Waals surface area contributed by atoms with Crippen molar-refractivity contribution in [2.45, 2.75) is 19.3 Å². The molecule has 6 nitrogen and oxygen atoms in total. The van der Waals surface area contributed by atoms with Gasteiger partial charge in [0.15, 0.2) is 0 Å². The Morgan fingerprint density at radius 2 is 1.86 bits per heavy atom. The van der Waals surface area contributed by atoms with Crippen LogP contribution in [0, 0.1) is 0 Å². The van der Waals surface area contributed by atoms with Crippen LogP contribution in [0.15, 0.2) is 53.5 Å². The van der Waals surface area contributed by atoms with E-state index < -0.39 is 23.3 Å². The topological polar surface area (TPSA) is 88.8 Å². The van der Waals surface area contributed by atoms with Crippen LogP contribution in [-0.2, 0) is 13.0 Å². The van der Waals surface area contributed by atoms with Crippen LogP contribution in [-0.4, -0.2) is 33.7 Å². The molecular formula is C20H16F3NO5. The molecule has 29 heavy (non-hydrogen) atoms. The largest absolute Gasteiger partial charge is 0.573 e. The first kappa shape index (κ1) is 20.4. The SMILES string of the molecule is O=C(O)c1cn(CCO)c2ccc(Cc3ccccc3OC(F)(F)F)cc2c1=O. The van der Waals surface area contributed by atoms with Crippen LogP contribution in [0.5, 0.6) is 5.75 Å². The van der Waals surface area contributed by atoms with Gasteiger partial charge in [-0.1, -0.05) is 24.3 Å². The van der Waals surface area contributed by atoms with E-state index in [0.717, 1.165) is 6.20 Å². The zero-order valence-electron chi connectivity index (χ0n) is 14.9. The Balaban J connectivity index is 2.08. The molecule has 152 valence electrons. The molecule has 0 fully saturated rings. The van der Waals surface area contributed by atoms with Crippen LogP contribution in [0.4, 0.5) is 13.2 Å². The van der Waals surface area contributed by atoms with E-state index in [9.17, 15) is 33.0 Å². The highest BCUT2D eigenvalue weighted by Gasteiger charge is 2.32. The third-order valence-corrected chi connectivity index (χ3v) is 4.31. The van der Waals surface area contributed by atoms with Crippen LogP contribution in [0.1, 0.15) is 21.5 Å². The van der Waals surface area contributed by atoms with Crippen LogP contribution in [0.2, 0.25) is 0 Å². The number of aromatic nitrogens is 1. The number of fused-ring (bicyclic) bond motifs is 1. The Bertz CT molecular complexity index is 1120. The number of benzene rings is 2. The number of hydrogen-bond acceptors (Lipinski definition) is 4. The number of ether oxygens (including phenoxy) is 1. The van der Waals surface area contributed by atoms with Gasteiger partial charge in [-0.2, -0.15) is 0 Å². The number of carboxylic acid groups (broad SMARTS) is 1. The molecule has 0 aliphatic rings. The van der Waals surface area contributed by atoms with Crippen LogP contribution >= 0.6 is 0 Å². The van der Waals surface area contributed by atoms with Gasteiger partial charge in [-0.3, -0.25) is 4.79 Å². The van der Waals surface area contributed by atoms with Crippen molar-refractivity contribution in [2.24, 2.45) is 0 Å². The second-order valence-corrected chi connectivity index (χ2v) is 6.28. The van der Waals surface area contributed by atoms with Gasteiger partial charge in [-0.05, 0) is 29.3 Å². The molecular weight excluding hydrogens is 391 g/mol. The number of hydrogen-bond donors (Lipinski definition) is 2. The molecule has 1 heterocycles. The summed E-state index contributed by atoms with van der Waals surface area (Å²) in [5.74, 6) is -1.75. The molecule has 0 unspecified atom stereocenters. The molecule has 0 aliphatic carbocycles. The fourth-order valence-corrected chi connectivity index (χ4v) is 3.09. The molecule has 0 saturated carbocycles. The Morgan fingerprint density at radius 3 is 2.52 bits per heavy atom. The van der Waals surface area contributed by atoms with Crippen LogP contribution in [0.25, 0.3) is 10.9 Å². The number of nitrogens with zero attached hydrogens (tertiary/aromatic N) is 1. The molecule has 3 rings (SSSR count). The Hall–Kier alpha value is -3.33. The summed E-state index contributed by atoms with van der Waals surface area (Å²) >= 11 is 0. The fourth-order valence-electron chi connectivity index (χ4n) is 3.09.